The number of rotatable bonds is 9. The first-order valence-corrected chi connectivity index (χ1v) is 12.8. The Bertz CT molecular complexity index is 1440. The lowest BCUT2D eigenvalue weighted by Gasteiger charge is -2.30. The summed E-state index contributed by atoms with van der Waals surface area (Å²) in [5.74, 6) is -0.795. The average Bonchev–Trinajstić information content (AvgIpc) is 3.51. The third-order valence-electron chi connectivity index (χ3n) is 6.06. The molecule has 3 amide bonds. The number of anilines is 2. The van der Waals surface area contributed by atoms with E-state index >= 15 is 0 Å². The lowest BCUT2D eigenvalue weighted by atomic mass is 10.0. The monoisotopic (exact) mass is 531 g/mol. The Labute approximate surface area is 224 Å². The summed E-state index contributed by atoms with van der Waals surface area (Å²) < 4.78 is 9.85. The standard InChI is InChI=1S/C28H29N5O4S/c1-16(2)19-10-12-20(13-11-19)33(28(36)25-22(29)23(26(30)34)32-38-25)24(21-14-9-17(3)37-21)27(35)31-15-18-7-5-4-6-8-18/h4-14,16,24H,15,29H2,1-3H3,(H2,30,34)(H,31,35)/t24-/m0/s1. The van der Waals surface area contributed by atoms with E-state index in [-0.39, 0.29) is 34.5 Å². The van der Waals surface area contributed by atoms with Crippen molar-refractivity contribution >= 4 is 40.6 Å². The normalized spacial score (nSPS) is 11.8. The maximum atomic E-state index is 14.1. The van der Waals surface area contributed by atoms with E-state index in [0.717, 1.165) is 22.7 Å². The Morgan fingerprint density at radius 3 is 2.26 bits per heavy atom. The Balaban J connectivity index is 1.81. The number of primary amides is 1. The van der Waals surface area contributed by atoms with Crippen LogP contribution in [0.5, 0.6) is 0 Å². The highest BCUT2D eigenvalue weighted by Crippen LogP contribution is 2.34. The van der Waals surface area contributed by atoms with Gasteiger partial charge in [-0.15, -0.1) is 0 Å². The first-order chi connectivity index (χ1) is 18.2. The predicted molar refractivity (Wildman–Crippen MR) is 147 cm³/mol. The summed E-state index contributed by atoms with van der Waals surface area (Å²) in [6.45, 7) is 6.13. The molecule has 5 N–H and O–H groups in total. The van der Waals surface area contributed by atoms with Crippen LogP contribution in [0.15, 0.2) is 71.1 Å². The van der Waals surface area contributed by atoms with Crippen LogP contribution in [0.3, 0.4) is 0 Å². The van der Waals surface area contributed by atoms with E-state index in [0.29, 0.717) is 11.4 Å². The van der Waals surface area contributed by atoms with E-state index in [9.17, 15) is 14.4 Å². The third-order valence-corrected chi connectivity index (χ3v) is 6.91. The van der Waals surface area contributed by atoms with Gasteiger partial charge in [0.05, 0.1) is 5.69 Å². The highest BCUT2D eigenvalue weighted by molar-refractivity contribution is 7.09. The molecule has 2 heterocycles. The van der Waals surface area contributed by atoms with Crippen LogP contribution in [0.25, 0.3) is 0 Å². The van der Waals surface area contributed by atoms with Gasteiger partial charge in [-0.05, 0) is 59.8 Å². The molecule has 2 aromatic carbocycles. The van der Waals surface area contributed by atoms with Crippen LogP contribution in [0.1, 0.15) is 68.6 Å². The fraction of sp³-hybridized carbons (Fsp3) is 0.214. The maximum absolute atomic E-state index is 14.1. The Morgan fingerprint density at radius 1 is 1.03 bits per heavy atom. The van der Waals surface area contributed by atoms with Crippen molar-refractivity contribution in [1.29, 1.82) is 0 Å². The molecule has 0 bridgehead atoms. The highest BCUT2D eigenvalue weighted by atomic mass is 32.1. The fourth-order valence-electron chi connectivity index (χ4n) is 4.00. The summed E-state index contributed by atoms with van der Waals surface area (Å²) in [6, 6.07) is 19.0. The quantitative estimate of drug-likeness (QED) is 0.289. The molecular weight excluding hydrogens is 502 g/mol. The number of aryl methyl sites for hydroxylation is 1. The molecule has 2 aromatic heterocycles. The second-order valence-corrected chi connectivity index (χ2v) is 9.89. The minimum absolute atomic E-state index is 0.00382. The molecule has 10 heteroatoms. The van der Waals surface area contributed by atoms with E-state index < -0.39 is 23.8 Å². The molecule has 0 fully saturated rings. The number of furan rings is 1. The fourth-order valence-corrected chi connectivity index (χ4v) is 4.74. The van der Waals surface area contributed by atoms with Crippen molar-refractivity contribution in [2.75, 3.05) is 10.6 Å². The number of nitrogens with one attached hydrogen (secondary N) is 1. The largest absolute Gasteiger partial charge is 0.464 e. The summed E-state index contributed by atoms with van der Waals surface area (Å²) in [5.41, 5.74) is 13.6. The summed E-state index contributed by atoms with van der Waals surface area (Å²) in [6.07, 6.45) is 0. The first-order valence-electron chi connectivity index (χ1n) is 12.0. The lowest BCUT2D eigenvalue weighted by Crippen LogP contribution is -2.43. The van der Waals surface area contributed by atoms with Crippen LogP contribution in [-0.4, -0.2) is 22.1 Å². The van der Waals surface area contributed by atoms with Crippen LogP contribution < -0.4 is 21.7 Å². The maximum Gasteiger partial charge on any atom is 0.273 e. The van der Waals surface area contributed by atoms with Crippen molar-refractivity contribution in [1.82, 2.24) is 9.69 Å². The molecule has 196 valence electrons. The molecule has 0 aliphatic heterocycles. The highest BCUT2D eigenvalue weighted by Gasteiger charge is 2.37. The number of benzene rings is 2. The van der Waals surface area contributed by atoms with Crippen LogP contribution in [0.2, 0.25) is 0 Å². The van der Waals surface area contributed by atoms with Gasteiger partial charge in [0.25, 0.3) is 17.7 Å². The van der Waals surface area contributed by atoms with Gasteiger partial charge in [-0.25, -0.2) is 0 Å². The van der Waals surface area contributed by atoms with Gasteiger partial charge in [-0.1, -0.05) is 56.3 Å². The van der Waals surface area contributed by atoms with Crippen LogP contribution in [0.4, 0.5) is 11.4 Å². The number of amides is 3. The summed E-state index contributed by atoms with van der Waals surface area (Å²) in [4.78, 5) is 40.9. The molecule has 0 unspecified atom stereocenters. The predicted octanol–water partition coefficient (Wildman–Crippen LogP) is 4.55. The molecule has 38 heavy (non-hydrogen) atoms. The zero-order chi connectivity index (χ0) is 27.4. The number of carbonyl (C=O) groups is 3. The SMILES string of the molecule is Cc1ccc([C@@H](C(=O)NCc2ccccc2)N(C(=O)c2snc(C(N)=O)c2N)c2ccc(C(C)C)cc2)o1. The molecule has 0 saturated heterocycles. The number of nitrogens with zero attached hydrogens (tertiary/aromatic N) is 2. The zero-order valence-electron chi connectivity index (χ0n) is 21.3. The molecule has 0 saturated carbocycles. The minimum Gasteiger partial charge on any atom is -0.464 e. The number of hydrogen-bond donors (Lipinski definition) is 3. The summed E-state index contributed by atoms with van der Waals surface area (Å²) >= 11 is 0.754. The second-order valence-electron chi connectivity index (χ2n) is 9.11. The van der Waals surface area contributed by atoms with Gasteiger partial charge < -0.3 is 21.2 Å². The number of aromatic nitrogens is 1. The van der Waals surface area contributed by atoms with E-state index in [1.807, 2.05) is 42.5 Å². The molecule has 0 radical (unpaired) electrons. The average molecular weight is 532 g/mol. The van der Waals surface area contributed by atoms with Gasteiger partial charge in [0, 0.05) is 12.2 Å². The van der Waals surface area contributed by atoms with E-state index in [1.54, 1.807) is 31.2 Å². The van der Waals surface area contributed by atoms with E-state index in [2.05, 4.69) is 23.5 Å². The van der Waals surface area contributed by atoms with Gasteiger partial charge in [-0.2, -0.15) is 4.37 Å². The molecule has 0 aliphatic carbocycles. The van der Waals surface area contributed by atoms with E-state index in [1.165, 1.54) is 4.90 Å². The van der Waals surface area contributed by atoms with Crippen molar-refractivity contribution in [2.45, 2.75) is 39.3 Å². The van der Waals surface area contributed by atoms with E-state index in [4.69, 9.17) is 15.9 Å². The van der Waals surface area contributed by atoms with Crippen molar-refractivity contribution in [3.8, 4) is 0 Å². The van der Waals surface area contributed by atoms with Crippen molar-refractivity contribution in [3.63, 3.8) is 0 Å². The molecule has 0 spiro atoms. The number of carbonyl (C=O) groups excluding carboxylic acids is 3. The van der Waals surface area contributed by atoms with Gasteiger partial charge in [0.1, 0.15) is 16.4 Å². The lowest BCUT2D eigenvalue weighted by molar-refractivity contribution is -0.123. The second kappa shape index (κ2) is 11.3. The van der Waals surface area contributed by atoms with Crippen molar-refractivity contribution in [2.24, 2.45) is 5.73 Å². The molecule has 0 aliphatic rings. The van der Waals surface area contributed by atoms with Gasteiger partial charge in [-0.3, -0.25) is 19.3 Å². The molecule has 4 rings (SSSR count). The molecular formula is C28H29N5O4S. The van der Waals surface area contributed by atoms with Crippen LogP contribution in [-0.2, 0) is 11.3 Å². The number of nitrogens with two attached hydrogens (primary N) is 2. The summed E-state index contributed by atoms with van der Waals surface area (Å²) in [7, 11) is 0. The topological polar surface area (TPSA) is 145 Å². The van der Waals surface area contributed by atoms with Crippen LogP contribution in [0, 0.1) is 6.92 Å². The smallest absolute Gasteiger partial charge is 0.273 e. The zero-order valence-corrected chi connectivity index (χ0v) is 22.1. The Hall–Kier alpha value is -4.44. The van der Waals surface area contributed by atoms with Gasteiger partial charge in [0.2, 0.25) is 0 Å². The molecule has 4 aromatic rings. The van der Waals surface area contributed by atoms with Crippen molar-refractivity contribution in [3.05, 3.63) is 99.9 Å². The van der Waals surface area contributed by atoms with Crippen LogP contribution >= 0.6 is 11.5 Å². The van der Waals surface area contributed by atoms with Gasteiger partial charge in [0.15, 0.2) is 11.7 Å². The minimum atomic E-state index is -1.18. The molecule has 1 atom stereocenters. The van der Waals surface area contributed by atoms with Gasteiger partial charge >= 0.3 is 0 Å². The molecule has 9 nitrogen and oxygen atoms in total. The van der Waals surface area contributed by atoms with Crippen molar-refractivity contribution < 1.29 is 18.8 Å². The first kappa shape index (κ1) is 26.6. The number of nitrogen functional groups attached to an aromatic ring is 1. The third kappa shape index (κ3) is 5.60. The Morgan fingerprint density at radius 2 is 1.71 bits per heavy atom. The Kier molecular flexibility index (Phi) is 7.92. The number of hydrogen-bond acceptors (Lipinski definition) is 7. The summed E-state index contributed by atoms with van der Waals surface area (Å²) in [5, 5.41) is 2.92.